The van der Waals surface area contributed by atoms with Gasteiger partial charge < -0.3 is 4.74 Å². The minimum Gasteiger partial charge on any atom is -0.469 e. The fourth-order valence-electron chi connectivity index (χ4n) is 2.31. The van der Waals surface area contributed by atoms with Gasteiger partial charge in [0.15, 0.2) is 0 Å². The zero-order valence-electron chi connectivity index (χ0n) is 10.2. The van der Waals surface area contributed by atoms with Gasteiger partial charge in [-0.05, 0) is 12.8 Å². The van der Waals surface area contributed by atoms with Crippen molar-refractivity contribution in [1.29, 1.82) is 0 Å². The maximum Gasteiger partial charge on any atom is 0.313 e. The third kappa shape index (κ3) is 4.77. The van der Waals surface area contributed by atoms with Crippen LogP contribution in [-0.2, 0) is 14.3 Å². The second-order valence-electron chi connectivity index (χ2n) is 4.61. The Hall–Kier alpha value is -0.860. The molecule has 0 aromatic rings. The maximum absolute atomic E-state index is 11.8. The van der Waals surface area contributed by atoms with Crippen LogP contribution in [0.5, 0.6) is 0 Å². The van der Waals surface area contributed by atoms with Crippen molar-refractivity contribution in [1.82, 2.24) is 0 Å². The molecule has 0 aromatic carbocycles. The second-order valence-corrected chi connectivity index (χ2v) is 4.61. The summed E-state index contributed by atoms with van der Waals surface area (Å²) in [4.78, 5) is 22.9. The first-order valence-corrected chi connectivity index (χ1v) is 6.33. The molecule has 1 fully saturated rings. The third-order valence-corrected chi connectivity index (χ3v) is 3.36. The van der Waals surface area contributed by atoms with Crippen molar-refractivity contribution in [3.63, 3.8) is 0 Å². The number of methoxy groups -OCH3 is 1. The molecule has 1 aliphatic carbocycles. The molecule has 0 atom stereocenters. The lowest BCUT2D eigenvalue weighted by molar-refractivity contribution is -0.144. The van der Waals surface area contributed by atoms with Crippen LogP contribution >= 0.6 is 0 Å². The van der Waals surface area contributed by atoms with Gasteiger partial charge in [0.1, 0.15) is 12.2 Å². The quantitative estimate of drug-likeness (QED) is 0.549. The van der Waals surface area contributed by atoms with E-state index < -0.39 is 5.97 Å². The molecule has 0 heterocycles. The first kappa shape index (κ1) is 13.2. The van der Waals surface area contributed by atoms with Gasteiger partial charge in [-0.2, -0.15) is 0 Å². The van der Waals surface area contributed by atoms with Crippen molar-refractivity contribution in [2.24, 2.45) is 5.92 Å². The van der Waals surface area contributed by atoms with E-state index in [2.05, 4.69) is 4.74 Å². The summed E-state index contributed by atoms with van der Waals surface area (Å²) in [6.07, 6.45) is 9.14. The van der Waals surface area contributed by atoms with Crippen LogP contribution in [0.4, 0.5) is 0 Å². The third-order valence-electron chi connectivity index (χ3n) is 3.36. The first-order valence-electron chi connectivity index (χ1n) is 6.33. The Morgan fingerprint density at radius 1 is 1.00 bits per heavy atom. The van der Waals surface area contributed by atoms with Gasteiger partial charge in [-0.3, -0.25) is 9.59 Å². The Bertz CT molecular complexity index is 225. The van der Waals surface area contributed by atoms with E-state index in [0.717, 1.165) is 25.7 Å². The van der Waals surface area contributed by atoms with Crippen LogP contribution in [0.1, 0.15) is 57.8 Å². The minimum absolute atomic E-state index is 0.0405. The molecule has 0 unspecified atom stereocenters. The average Bonchev–Trinajstić information content (AvgIpc) is 2.41. The van der Waals surface area contributed by atoms with E-state index in [1.165, 1.54) is 32.8 Å². The zero-order chi connectivity index (χ0) is 11.8. The molecular formula is C13H22O3. The summed E-state index contributed by atoms with van der Waals surface area (Å²) in [6.45, 7) is 0. The Balaban J connectivity index is 2.41. The van der Waals surface area contributed by atoms with E-state index in [1.54, 1.807) is 0 Å². The van der Waals surface area contributed by atoms with E-state index in [9.17, 15) is 9.59 Å². The van der Waals surface area contributed by atoms with Crippen LogP contribution in [0.25, 0.3) is 0 Å². The summed E-state index contributed by atoms with van der Waals surface area (Å²) in [5.74, 6) is -0.226. The van der Waals surface area contributed by atoms with Crippen molar-refractivity contribution in [3.05, 3.63) is 0 Å². The van der Waals surface area contributed by atoms with Crippen LogP contribution in [0, 0.1) is 5.92 Å². The lowest BCUT2D eigenvalue weighted by Crippen LogP contribution is -2.19. The van der Waals surface area contributed by atoms with Crippen molar-refractivity contribution in [2.75, 3.05) is 7.11 Å². The highest BCUT2D eigenvalue weighted by atomic mass is 16.5. The van der Waals surface area contributed by atoms with Gasteiger partial charge in [-0.1, -0.05) is 38.5 Å². The Morgan fingerprint density at radius 2 is 1.50 bits per heavy atom. The van der Waals surface area contributed by atoms with E-state index in [-0.39, 0.29) is 18.1 Å². The summed E-state index contributed by atoms with van der Waals surface area (Å²) in [5, 5.41) is 0. The van der Waals surface area contributed by atoms with Crippen LogP contribution < -0.4 is 0 Å². The predicted molar refractivity (Wildman–Crippen MR) is 62.1 cm³/mol. The summed E-state index contributed by atoms with van der Waals surface area (Å²) in [6, 6.07) is 0. The predicted octanol–water partition coefficient (Wildman–Crippen LogP) is 2.87. The number of esters is 1. The summed E-state index contributed by atoms with van der Waals surface area (Å²) < 4.78 is 4.53. The number of hydrogen-bond donors (Lipinski definition) is 0. The summed E-state index contributed by atoms with van der Waals surface area (Å²) >= 11 is 0. The van der Waals surface area contributed by atoms with Crippen LogP contribution in [-0.4, -0.2) is 18.9 Å². The molecule has 92 valence electrons. The van der Waals surface area contributed by atoms with Gasteiger partial charge in [0.25, 0.3) is 0 Å². The van der Waals surface area contributed by atoms with Crippen molar-refractivity contribution in [3.8, 4) is 0 Å². The molecule has 0 N–H and O–H groups in total. The van der Waals surface area contributed by atoms with Crippen LogP contribution in [0.2, 0.25) is 0 Å². The summed E-state index contributed by atoms with van der Waals surface area (Å²) in [5.41, 5.74) is 0. The molecule has 0 saturated heterocycles. The topological polar surface area (TPSA) is 43.4 Å². The lowest BCUT2D eigenvalue weighted by atomic mass is 9.91. The average molecular weight is 226 g/mol. The number of ether oxygens (including phenoxy) is 1. The standard InChI is InChI=1S/C13H22O3/c1-16-13(15)10-12(14)11-8-6-4-2-3-5-7-9-11/h11H,2-10H2,1H3. The number of carbonyl (C=O) groups excluding carboxylic acids is 2. The SMILES string of the molecule is COC(=O)CC(=O)C1CCCCCCCC1. The van der Waals surface area contributed by atoms with Gasteiger partial charge in [0.05, 0.1) is 7.11 Å². The molecule has 1 aliphatic rings. The van der Waals surface area contributed by atoms with Crippen molar-refractivity contribution >= 4 is 11.8 Å². The first-order chi connectivity index (χ1) is 7.74. The molecule has 16 heavy (non-hydrogen) atoms. The van der Waals surface area contributed by atoms with E-state index in [1.807, 2.05) is 0 Å². The monoisotopic (exact) mass is 226 g/mol. The molecule has 3 heteroatoms. The van der Waals surface area contributed by atoms with Gasteiger partial charge in [-0.25, -0.2) is 0 Å². The maximum atomic E-state index is 11.8. The molecule has 1 saturated carbocycles. The fourth-order valence-corrected chi connectivity index (χ4v) is 2.31. The molecule has 0 spiro atoms. The normalized spacial score (nSPS) is 19.3. The lowest BCUT2D eigenvalue weighted by Gasteiger charge is -2.13. The molecule has 0 aliphatic heterocycles. The van der Waals surface area contributed by atoms with E-state index in [4.69, 9.17) is 0 Å². The van der Waals surface area contributed by atoms with E-state index in [0.29, 0.717) is 0 Å². The van der Waals surface area contributed by atoms with Gasteiger partial charge in [-0.15, -0.1) is 0 Å². The Kier molecular flexibility index (Phi) is 6.12. The number of carbonyl (C=O) groups is 2. The molecule has 1 rings (SSSR count). The Labute approximate surface area is 97.5 Å². The molecule has 0 bridgehead atoms. The van der Waals surface area contributed by atoms with Gasteiger partial charge in [0.2, 0.25) is 0 Å². The molecule has 3 nitrogen and oxygen atoms in total. The van der Waals surface area contributed by atoms with E-state index >= 15 is 0 Å². The number of rotatable bonds is 3. The van der Waals surface area contributed by atoms with Crippen molar-refractivity contribution in [2.45, 2.75) is 57.8 Å². The smallest absolute Gasteiger partial charge is 0.313 e. The minimum atomic E-state index is -0.398. The van der Waals surface area contributed by atoms with Crippen LogP contribution in [0.15, 0.2) is 0 Å². The second kappa shape index (κ2) is 7.42. The summed E-state index contributed by atoms with van der Waals surface area (Å²) in [7, 11) is 1.33. The van der Waals surface area contributed by atoms with Crippen LogP contribution in [0.3, 0.4) is 0 Å². The number of ketones is 1. The Morgan fingerprint density at radius 3 is 2.00 bits per heavy atom. The largest absolute Gasteiger partial charge is 0.469 e. The van der Waals surface area contributed by atoms with Gasteiger partial charge in [0, 0.05) is 5.92 Å². The molecular weight excluding hydrogens is 204 g/mol. The highest BCUT2D eigenvalue weighted by Crippen LogP contribution is 2.23. The molecule has 0 radical (unpaired) electrons. The molecule has 0 amide bonds. The zero-order valence-corrected chi connectivity index (χ0v) is 10.2. The van der Waals surface area contributed by atoms with Crippen molar-refractivity contribution < 1.29 is 14.3 Å². The molecule has 0 aromatic heterocycles. The highest BCUT2D eigenvalue weighted by Gasteiger charge is 2.21. The fraction of sp³-hybridized carbons (Fsp3) is 0.846. The number of hydrogen-bond acceptors (Lipinski definition) is 3. The number of Topliss-reactive ketones (excluding diaryl/α,β-unsaturated/α-hetero) is 1. The van der Waals surface area contributed by atoms with Gasteiger partial charge >= 0.3 is 5.97 Å². The highest BCUT2D eigenvalue weighted by molar-refractivity contribution is 5.96.